The van der Waals surface area contributed by atoms with Crippen molar-refractivity contribution in [3.63, 3.8) is 0 Å². The van der Waals surface area contributed by atoms with Gasteiger partial charge in [-0.05, 0) is 55.0 Å². The Kier molecular flexibility index (Phi) is 5.14. The van der Waals surface area contributed by atoms with Gasteiger partial charge in [-0.25, -0.2) is 8.42 Å². The third-order valence-corrected chi connectivity index (χ3v) is 5.35. The minimum atomic E-state index is -3.77. The minimum absolute atomic E-state index is 0.0462. The molecule has 0 aliphatic rings. The summed E-state index contributed by atoms with van der Waals surface area (Å²) in [6.07, 6.45) is 0. The molecular formula is C20H18N2O4S. The third-order valence-electron chi connectivity index (χ3n) is 3.97. The summed E-state index contributed by atoms with van der Waals surface area (Å²) in [7, 11) is -3.77. The lowest BCUT2D eigenvalue weighted by Crippen LogP contribution is -2.15. The number of benzene rings is 3. The van der Waals surface area contributed by atoms with E-state index >= 15 is 0 Å². The lowest BCUT2D eigenvalue weighted by atomic mass is 10.2. The normalized spacial score (nSPS) is 11.0. The van der Waals surface area contributed by atoms with Gasteiger partial charge in [0.2, 0.25) is 0 Å². The maximum atomic E-state index is 12.5. The smallest absolute Gasteiger partial charge is 0.261 e. The summed E-state index contributed by atoms with van der Waals surface area (Å²) in [5.41, 5.74) is 1.85. The lowest BCUT2D eigenvalue weighted by Gasteiger charge is -2.11. The number of carbonyl (C=O) groups is 1. The number of rotatable bonds is 5. The van der Waals surface area contributed by atoms with Gasteiger partial charge in [-0.15, -0.1) is 0 Å². The van der Waals surface area contributed by atoms with E-state index in [1.54, 1.807) is 30.3 Å². The monoisotopic (exact) mass is 382 g/mol. The number of amides is 1. The van der Waals surface area contributed by atoms with E-state index in [1.165, 1.54) is 30.3 Å². The predicted octanol–water partition coefficient (Wildman–Crippen LogP) is 3.75. The van der Waals surface area contributed by atoms with Crippen LogP contribution in [0.3, 0.4) is 0 Å². The summed E-state index contributed by atoms with van der Waals surface area (Å²) in [5, 5.41) is 12.3. The Hall–Kier alpha value is -3.32. The van der Waals surface area contributed by atoms with E-state index in [-0.39, 0.29) is 21.9 Å². The molecule has 138 valence electrons. The standard InChI is InChI=1S/C20H18N2O4S/c1-14-6-2-3-7-17(14)22-27(25,26)16-12-10-15(11-13-16)20(24)21-18-8-4-5-9-19(18)23/h2-13,22-23H,1H3,(H,21,24). The summed E-state index contributed by atoms with van der Waals surface area (Å²) in [6, 6.07) is 19.0. The van der Waals surface area contributed by atoms with Crippen LogP contribution in [-0.4, -0.2) is 19.4 Å². The number of sulfonamides is 1. The van der Waals surface area contributed by atoms with Crippen LogP contribution in [0.25, 0.3) is 0 Å². The molecule has 0 fully saturated rings. The lowest BCUT2D eigenvalue weighted by molar-refractivity contribution is 0.102. The first kappa shape index (κ1) is 18.5. The molecule has 27 heavy (non-hydrogen) atoms. The quantitative estimate of drug-likeness (QED) is 0.586. The number of hydrogen-bond acceptors (Lipinski definition) is 4. The second kappa shape index (κ2) is 7.51. The van der Waals surface area contributed by atoms with E-state index in [1.807, 2.05) is 19.1 Å². The van der Waals surface area contributed by atoms with E-state index in [0.29, 0.717) is 5.69 Å². The Morgan fingerprint density at radius 3 is 2.07 bits per heavy atom. The second-order valence-electron chi connectivity index (χ2n) is 5.92. The van der Waals surface area contributed by atoms with Crippen LogP contribution in [0.4, 0.5) is 11.4 Å². The molecule has 0 aliphatic carbocycles. The van der Waals surface area contributed by atoms with Crippen LogP contribution in [0.5, 0.6) is 5.75 Å². The summed E-state index contributed by atoms with van der Waals surface area (Å²) >= 11 is 0. The Bertz CT molecular complexity index is 1080. The second-order valence-corrected chi connectivity index (χ2v) is 7.60. The highest BCUT2D eigenvalue weighted by Gasteiger charge is 2.16. The molecule has 7 heteroatoms. The van der Waals surface area contributed by atoms with E-state index in [9.17, 15) is 18.3 Å². The largest absolute Gasteiger partial charge is 0.506 e. The van der Waals surface area contributed by atoms with Gasteiger partial charge >= 0.3 is 0 Å². The zero-order chi connectivity index (χ0) is 19.4. The van der Waals surface area contributed by atoms with Gasteiger partial charge in [0.1, 0.15) is 5.75 Å². The summed E-state index contributed by atoms with van der Waals surface area (Å²) in [4.78, 5) is 12.3. The number of phenolic OH excluding ortho intramolecular Hbond substituents is 1. The van der Waals surface area contributed by atoms with Crippen LogP contribution in [-0.2, 0) is 10.0 Å². The van der Waals surface area contributed by atoms with Crippen molar-refractivity contribution >= 4 is 27.3 Å². The zero-order valence-electron chi connectivity index (χ0n) is 14.5. The third kappa shape index (κ3) is 4.27. The van der Waals surface area contributed by atoms with Crippen LogP contribution in [0, 0.1) is 6.92 Å². The minimum Gasteiger partial charge on any atom is -0.506 e. The number of para-hydroxylation sites is 3. The predicted molar refractivity (Wildman–Crippen MR) is 104 cm³/mol. The highest BCUT2D eigenvalue weighted by molar-refractivity contribution is 7.92. The van der Waals surface area contributed by atoms with Crippen LogP contribution < -0.4 is 10.0 Å². The molecule has 0 bridgehead atoms. The van der Waals surface area contributed by atoms with Crippen molar-refractivity contribution in [2.45, 2.75) is 11.8 Å². The Labute approximate surface area is 157 Å². The van der Waals surface area contributed by atoms with E-state index < -0.39 is 15.9 Å². The van der Waals surface area contributed by atoms with Crippen LogP contribution in [0.15, 0.2) is 77.7 Å². The van der Waals surface area contributed by atoms with Gasteiger partial charge in [0, 0.05) is 5.56 Å². The molecule has 3 rings (SSSR count). The SMILES string of the molecule is Cc1ccccc1NS(=O)(=O)c1ccc(C(=O)Nc2ccccc2O)cc1. The summed E-state index contributed by atoms with van der Waals surface area (Å²) in [6.45, 7) is 1.81. The van der Waals surface area contributed by atoms with Gasteiger partial charge in [-0.1, -0.05) is 30.3 Å². The molecule has 6 nitrogen and oxygen atoms in total. The number of phenols is 1. The van der Waals surface area contributed by atoms with Crippen LogP contribution >= 0.6 is 0 Å². The fraction of sp³-hybridized carbons (Fsp3) is 0.0500. The Balaban J connectivity index is 1.77. The fourth-order valence-electron chi connectivity index (χ4n) is 2.45. The molecule has 0 unspecified atom stereocenters. The molecule has 3 aromatic carbocycles. The molecule has 3 aromatic rings. The van der Waals surface area contributed by atoms with Crippen molar-refractivity contribution in [1.82, 2.24) is 0 Å². The number of anilines is 2. The maximum Gasteiger partial charge on any atom is 0.261 e. The molecule has 0 radical (unpaired) electrons. The number of carbonyl (C=O) groups excluding carboxylic acids is 1. The van der Waals surface area contributed by atoms with E-state index in [4.69, 9.17) is 0 Å². The topological polar surface area (TPSA) is 95.5 Å². The summed E-state index contributed by atoms with van der Waals surface area (Å²) < 4.78 is 27.6. The van der Waals surface area contributed by atoms with Crippen molar-refractivity contribution < 1.29 is 18.3 Å². The first-order valence-corrected chi connectivity index (χ1v) is 9.63. The van der Waals surface area contributed by atoms with Crippen LogP contribution in [0.2, 0.25) is 0 Å². The Morgan fingerprint density at radius 2 is 1.44 bits per heavy atom. The first-order valence-electron chi connectivity index (χ1n) is 8.15. The molecule has 0 saturated heterocycles. The van der Waals surface area contributed by atoms with E-state index in [2.05, 4.69) is 10.0 Å². The number of nitrogens with one attached hydrogen (secondary N) is 2. The van der Waals surface area contributed by atoms with Crippen LogP contribution in [0.1, 0.15) is 15.9 Å². The van der Waals surface area contributed by atoms with Crippen molar-refractivity contribution in [2.24, 2.45) is 0 Å². The molecule has 0 aliphatic heterocycles. The van der Waals surface area contributed by atoms with Gasteiger partial charge in [-0.3, -0.25) is 9.52 Å². The van der Waals surface area contributed by atoms with Gasteiger partial charge in [-0.2, -0.15) is 0 Å². The van der Waals surface area contributed by atoms with Crippen molar-refractivity contribution in [1.29, 1.82) is 0 Å². The molecule has 0 aromatic heterocycles. The molecule has 3 N–H and O–H groups in total. The fourth-order valence-corrected chi connectivity index (χ4v) is 3.58. The highest BCUT2D eigenvalue weighted by atomic mass is 32.2. The average Bonchev–Trinajstić information content (AvgIpc) is 2.65. The van der Waals surface area contributed by atoms with Gasteiger partial charge in [0.05, 0.1) is 16.3 Å². The highest BCUT2D eigenvalue weighted by Crippen LogP contribution is 2.23. The number of aromatic hydroxyl groups is 1. The average molecular weight is 382 g/mol. The van der Waals surface area contributed by atoms with Gasteiger partial charge in [0.25, 0.3) is 15.9 Å². The van der Waals surface area contributed by atoms with Crippen molar-refractivity contribution in [3.8, 4) is 5.75 Å². The number of aryl methyl sites for hydroxylation is 1. The Morgan fingerprint density at radius 1 is 0.852 bits per heavy atom. The molecule has 0 atom stereocenters. The molecule has 0 spiro atoms. The van der Waals surface area contributed by atoms with Gasteiger partial charge < -0.3 is 10.4 Å². The molecule has 0 heterocycles. The summed E-state index contributed by atoms with van der Waals surface area (Å²) in [5.74, 6) is -0.500. The first-order chi connectivity index (χ1) is 12.9. The van der Waals surface area contributed by atoms with Crippen molar-refractivity contribution in [2.75, 3.05) is 10.0 Å². The maximum absolute atomic E-state index is 12.5. The number of hydrogen-bond donors (Lipinski definition) is 3. The van der Waals surface area contributed by atoms with Crippen molar-refractivity contribution in [3.05, 3.63) is 83.9 Å². The molecule has 0 saturated carbocycles. The van der Waals surface area contributed by atoms with Gasteiger partial charge in [0.15, 0.2) is 0 Å². The van der Waals surface area contributed by atoms with E-state index in [0.717, 1.165) is 5.56 Å². The zero-order valence-corrected chi connectivity index (χ0v) is 15.3. The molecule has 1 amide bonds. The molecular weight excluding hydrogens is 364 g/mol.